The number of carbonyl (C=O) groups is 4. The first-order valence-electron chi connectivity index (χ1n) is 11.5. The molecule has 2 aliphatic rings. The molecule has 17 nitrogen and oxygen atoms in total. The second-order valence-corrected chi connectivity index (χ2v) is 11.6. The molecule has 1 fully saturated rings. The van der Waals surface area contributed by atoms with Gasteiger partial charge < -0.3 is 43.3 Å². The van der Waals surface area contributed by atoms with Crippen LogP contribution in [-0.4, -0.2) is 83.6 Å². The summed E-state index contributed by atoms with van der Waals surface area (Å²) in [6, 6.07) is -1.09. The Morgan fingerprint density at radius 1 is 1.29 bits per heavy atom. The monoisotopic (exact) mass is 625 g/mol. The molecule has 0 aromatic carbocycles. The molecule has 2 amide bonds. The van der Waals surface area contributed by atoms with E-state index in [1.165, 1.54) is 40.4 Å². The molecule has 0 saturated carbocycles. The highest BCUT2D eigenvalue weighted by Gasteiger charge is 2.54. The number of rotatable bonds is 10. The van der Waals surface area contributed by atoms with Gasteiger partial charge in [-0.3, -0.25) is 14.5 Å². The molecule has 218 valence electrons. The number of thioether (sulfide) groups is 2. The summed E-state index contributed by atoms with van der Waals surface area (Å²) >= 11 is 3.44. The highest BCUT2D eigenvalue weighted by atomic mass is 32.2. The Bertz CT molecular complexity index is 1510. The molecule has 0 aliphatic carbocycles. The van der Waals surface area contributed by atoms with Gasteiger partial charge in [0.25, 0.3) is 11.8 Å². The lowest BCUT2D eigenvalue weighted by molar-refractivity contribution is -0.698. The number of hydrogen-bond acceptors (Lipinski definition) is 15. The van der Waals surface area contributed by atoms with Crippen molar-refractivity contribution in [2.75, 3.05) is 34.4 Å². The van der Waals surface area contributed by atoms with E-state index in [-0.39, 0.29) is 45.4 Å². The molecule has 41 heavy (non-hydrogen) atoms. The number of aromatic nitrogens is 3. The number of carboxylic acid groups (broad SMARTS) is 2. The summed E-state index contributed by atoms with van der Waals surface area (Å²) in [5, 5.41) is 26.4. The number of hydrogen-bond donors (Lipinski definition) is 7. The Labute approximate surface area is 244 Å². The van der Waals surface area contributed by atoms with Crippen LogP contribution in [0.3, 0.4) is 0 Å². The standard InChI is InChI=1S/C21H24N10O7S3/c1-6(18(34)35)38-29-10(8-5-40-20(25)26-8)15(32)27-11-16(33)31-12(19(36)37)7(3-39-17(11)31)4-41-21-28-13(23)9(22)14(24)30(21)2/h5-6,11,17H,3-4H2,1-2H3,(H10,22,23,24,25,26,27,29,32,34,35,36,37)/p+1/t6?,11?,17-/m1/s1. The van der Waals surface area contributed by atoms with Gasteiger partial charge in [-0.05, 0) is 24.3 Å². The van der Waals surface area contributed by atoms with Crippen molar-refractivity contribution in [2.45, 2.75) is 29.6 Å². The first-order chi connectivity index (χ1) is 19.3. The minimum Gasteiger partial charge on any atom is -0.478 e. The van der Waals surface area contributed by atoms with E-state index >= 15 is 0 Å². The van der Waals surface area contributed by atoms with Gasteiger partial charge in [0.2, 0.25) is 17.7 Å². The number of anilines is 4. The predicted octanol–water partition coefficient (Wildman–Crippen LogP) is -1.58. The molecule has 20 heteroatoms. The zero-order chi connectivity index (χ0) is 30.2. The second-order valence-electron chi connectivity index (χ2n) is 8.64. The lowest BCUT2D eigenvalue weighted by Gasteiger charge is -2.49. The predicted molar refractivity (Wildman–Crippen MR) is 150 cm³/mol. The molecule has 0 radical (unpaired) electrons. The van der Waals surface area contributed by atoms with Gasteiger partial charge in [-0.1, -0.05) is 10.1 Å². The lowest BCUT2D eigenvalue weighted by Crippen LogP contribution is -2.71. The average Bonchev–Trinajstić information content (AvgIpc) is 3.36. The number of aliphatic carboxylic acids is 2. The number of thiazole rings is 1. The number of amides is 2. The number of β-lactam (4-membered cyclic amide) rings is 1. The highest BCUT2D eigenvalue weighted by molar-refractivity contribution is 8.01. The van der Waals surface area contributed by atoms with E-state index in [4.69, 9.17) is 32.9 Å². The maximum atomic E-state index is 13.1. The van der Waals surface area contributed by atoms with Crippen LogP contribution in [0.4, 0.5) is 22.5 Å². The minimum atomic E-state index is -1.37. The normalized spacial score (nSPS) is 19.3. The number of carbonyl (C=O) groups excluding carboxylic acids is 2. The topological polar surface area (TPSA) is 279 Å². The van der Waals surface area contributed by atoms with Crippen LogP contribution in [0.1, 0.15) is 12.6 Å². The number of nitrogens with two attached hydrogens (primary N) is 4. The maximum Gasteiger partial charge on any atom is 0.352 e. The van der Waals surface area contributed by atoms with Gasteiger partial charge in [0, 0.05) is 16.9 Å². The summed E-state index contributed by atoms with van der Waals surface area (Å²) in [6.07, 6.45) is -1.37. The van der Waals surface area contributed by atoms with Crippen molar-refractivity contribution in [1.29, 1.82) is 0 Å². The Morgan fingerprint density at radius 3 is 2.61 bits per heavy atom. The van der Waals surface area contributed by atoms with E-state index in [9.17, 15) is 24.3 Å². The van der Waals surface area contributed by atoms with E-state index in [1.54, 1.807) is 7.05 Å². The molecule has 2 aliphatic heterocycles. The van der Waals surface area contributed by atoms with Crippen molar-refractivity contribution in [3.63, 3.8) is 0 Å². The minimum absolute atomic E-state index is 0.0126. The van der Waals surface area contributed by atoms with E-state index < -0.39 is 47.0 Å². The van der Waals surface area contributed by atoms with Crippen molar-refractivity contribution in [1.82, 2.24) is 20.2 Å². The lowest BCUT2D eigenvalue weighted by atomic mass is 10.0. The largest absolute Gasteiger partial charge is 0.478 e. The zero-order valence-corrected chi connectivity index (χ0v) is 23.9. The summed E-state index contributed by atoms with van der Waals surface area (Å²) in [5.74, 6) is -3.53. The summed E-state index contributed by atoms with van der Waals surface area (Å²) in [6.45, 7) is 1.21. The smallest absolute Gasteiger partial charge is 0.352 e. The van der Waals surface area contributed by atoms with Gasteiger partial charge in [-0.25, -0.2) is 19.1 Å². The van der Waals surface area contributed by atoms with Crippen LogP contribution in [0.25, 0.3) is 0 Å². The first kappa shape index (κ1) is 29.7. The van der Waals surface area contributed by atoms with Crippen LogP contribution in [0.5, 0.6) is 0 Å². The van der Waals surface area contributed by atoms with Crippen molar-refractivity contribution in [3.05, 3.63) is 22.3 Å². The molecular formula is C21H25N10O7S3+. The third kappa shape index (κ3) is 5.79. The van der Waals surface area contributed by atoms with Crippen LogP contribution in [0.2, 0.25) is 0 Å². The second kappa shape index (κ2) is 11.7. The third-order valence-electron chi connectivity index (χ3n) is 5.96. The van der Waals surface area contributed by atoms with E-state index in [0.29, 0.717) is 10.7 Å². The molecule has 11 N–H and O–H groups in total. The van der Waals surface area contributed by atoms with Gasteiger partial charge in [0.15, 0.2) is 16.5 Å². The Morgan fingerprint density at radius 2 is 2.00 bits per heavy atom. The first-order valence-corrected chi connectivity index (χ1v) is 14.4. The molecule has 4 rings (SSSR count). The fraction of sp³-hybridized carbons (Fsp3) is 0.333. The van der Waals surface area contributed by atoms with Crippen molar-refractivity contribution in [3.8, 4) is 0 Å². The molecule has 4 heterocycles. The van der Waals surface area contributed by atoms with E-state index in [2.05, 4.69) is 20.4 Å². The van der Waals surface area contributed by atoms with Gasteiger partial charge in [0.05, 0.1) is 7.05 Å². The molecule has 0 bridgehead atoms. The maximum absolute atomic E-state index is 13.1. The van der Waals surface area contributed by atoms with Crippen molar-refractivity contribution < 1.29 is 38.8 Å². The highest BCUT2D eigenvalue weighted by Crippen LogP contribution is 2.41. The van der Waals surface area contributed by atoms with Crippen LogP contribution in [-0.2, 0) is 31.1 Å². The van der Waals surface area contributed by atoms with Gasteiger partial charge >= 0.3 is 17.1 Å². The summed E-state index contributed by atoms with van der Waals surface area (Å²) < 4.78 is 1.52. The third-order valence-corrected chi connectivity index (χ3v) is 9.09. The summed E-state index contributed by atoms with van der Waals surface area (Å²) in [7, 11) is 1.63. The Kier molecular flexibility index (Phi) is 8.44. The molecule has 2 aromatic rings. The molecule has 2 aromatic heterocycles. The number of fused-ring (bicyclic) bond motifs is 1. The molecular weight excluding hydrogens is 600 g/mol. The van der Waals surface area contributed by atoms with Gasteiger partial charge in [-0.2, -0.15) is 0 Å². The zero-order valence-electron chi connectivity index (χ0n) is 21.4. The molecule has 0 spiro atoms. The Balaban J connectivity index is 1.52. The van der Waals surface area contributed by atoms with Gasteiger partial charge in [-0.15, -0.1) is 23.1 Å². The summed E-state index contributed by atoms with van der Waals surface area (Å²) in [5.41, 5.74) is 23.2. The average molecular weight is 626 g/mol. The number of nitrogen functional groups attached to an aromatic ring is 4. The van der Waals surface area contributed by atoms with Crippen LogP contribution >= 0.6 is 34.9 Å². The van der Waals surface area contributed by atoms with Crippen LogP contribution in [0, 0.1) is 0 Å². The van der Waals surface area contributed by atoms with E-state index in [0.717, 1.165) is 16.2 Å². The van der Waals surface area contributed by atoms with Crippen molar-refractivity contribution in [2.24, 2.45) is 12.2 Å². The van der Waals surface area contributed by atoms with Crippen LogP contribution < -0.4 is 32.8 Å². The number of nitrogens with zero attached hydrogens (tertiary/aromatic N) is 5. The Hall–Kier alpha value is -4.30. The fourth-order valence-corrected chi connectivity index (χ4v) is 6.74. The molecule has 2 unspecified atom stereocenters. The SMILES string of the molecule is CC(O/N=C(\C(=O)NC1C(=O)N2C(C(=O)O)=C(CSc3nc(N)c(N)c(N)[n+]3C)CS[C@H]12)c1csc(N)n1)C(=O)O. The number of oxime groups is 1. The quantitative estimate of drug-likeness (QED) is 0.0391. The summed E-state index contributed by atoms with van der Waals surface area (Å²) in [4.78, 5) is 63.7. The molecule has 1 saturated heterocycles. The van der Waals surface area contributed by atoms with Crippen molar-refractivity contribution >= 4 is 86.8 Å². The number of nitrogens with one attached hydrogen (secondary N) is 1. The van der Waals surface area contributed by atoms with Crippen LogP contribution in [0.15, 0.2) is 27.0 Å². The number of carboxylic acids is 2. The van der Waals surface area contributed by atoms with E-state index in [1.807, 2.05) is 0 Å². The molecule has 3 atom stereocenters. The van der Waals surface area contributed by atoms with Gasteiger partial charge in [0.1, 0.15) is 22.8 Å². The fourth-order valence-electron chi connectivity index (χ4n) is 3.72.